The summed E-state index contributed by atoms with van der Waals surface area (Å²) in [6.07, 6.45) is -1.46. The molecular weight excluding hydrogens is 613 g/mol. The topological polar surface area (TPSA) is 182 Å². The van der Waals surface area contributed by atoms with E-state index in [-0.39, 0.29) is 23.6 Å². The lowest BCUT2D eigenvalue weighted by Crippen LogP contribution is -2.44. The van der Waals surface area contributed by atoms with Crippen molar-refractivity contribution in [1.82, 2.24) is 9.55 Å². The summed E-state index contributed by atoms with van der Waals surface area (Å²) in [5.74, 6) is 0. The summed E-state index contributed by atoms with van der Waals surface area (Å²) in [5.41, 5.74) is -0.980. The molecule has 0 bridgehead atoms. The van der Waals surface area contributed by atoms with Gasteiger partial charge in [0.2, 0.25) is 0 Å². The number of nitrogens with zero attached hydrogens (tertiary/aromatic N) is 1. The van der Waals surface area contributed by atoms with Crippen LogP contribution in [-0.4, -0.2) is 56.3 Å². The molecule has 0 radical (unpaired) electrons. The Labute approximate surface area is 224 Å². The minimum absolute atomic E-state index is 0.0158. The molecule has 0 aromatic carbocycles. The maximum atomic E-state index is 12.4. The molecule has 5 atom stereocenters. The highest BCUT2D eigenvalue weighted by atomic mass is 32.5. The molecular formula is C16H31N2O11P3S3Si. The Kier molecular flexibility index (Phi) is 10.5. The third kappa shape index (κ3) is 9.30. The number of aryl methyl sites for hydroxylation is 1. The number of H-pyrrole nitrogens is 1. The second-order valence-electron chi connectivity index (χ2n) is 9.65. The number of nitrogens with one attached hydrogen (secondary N) is 1. The standard InChI is InChI=1S/C16H31N2O11P3S3Si/c1-10-8-18(15(20)17-14(10)19)13-7-11(12(26-13)9-25-36(5,6)16(2,3)4)27-31(23,34)29-32(24,35)28-30(21,22)33/h8,11-13H,7,9H2,1-6H3,(H,23,34)(H,24,35)(H,17,19,20)(H2,21,22,33)/t11-,12+,13+,31?,32?/m0/s1. The van der Waals surface area contributed by atoms with Crippen molar-refractivity contribution >= 4 is 63.9 Å². The van der Waals surface area contributed by atoms with E-state index < -0.39 is 58.2 Å². The van der Waals surface area contributed by atoms with Gasteiger partial charge in [-0.25, -0.2) is 13.4 Å². The summed E-state index contributed by atoms with van der Waals surface area (Å²) < 4.78 is 28.3. The minimum atomic E-state index is -4.48. The summed E-state index contributed by atoms with van der Waals surface area (Å²) >= 11 is 13.9. The molecule has 36 heavy (non-hydrogen) atoms. The van der Waals surface area contributed by atoms with Gasteiger partial charge < -0.3 is 33.3 Å². The maximum absolute atomic E-state index is 12.4. The van der Waals surface area contributed by atoms with Crippen molar-refractivity contribution in [2.24, 2.45) is 0 Å². The fourth-order valence-electron chi connectivity index (χ4n) is 2.91. The number of hydrogen-bond acceptors (Lipinski definition) is 10. The molecule has 0 spiro atoms. The molecule has 1 aliphatic heterocycles. The highest BCUT2D eigenvalue weighted by Gasteiger charge is 2.45. The third-order valence-electron chi connectivity index (χ3n) is 5.74. The molecule has 2 rings (SSSR count). The molecule has 1 aliphatic rings. The van der Waals surface area contributed by atoms with Crippen LogP contribution < -0.4 is 11.2 Å². The Morgan fingerprint density at radius 1 is 1.14 bits per heavy atom. The van der Waals surface area contributed by atoms with Crippen LogP contribution >= 0.6 is 20.2 Å². The normalized spacial score (nSPS) is 24.9. The molecule has 1 aromatic rings. The molecule has 208 valence electrons. The zero-order valence-electron chi connectivity index (χ0n) is 20.4. The first-order valence-corrected chi connectivity index (χ1v) is 21.2. The van der Waals surface area contributed by atoms with Gasteiger partial charge in [0.05, 0.1) is 12.7 Å². The van der Waals surface area contributed by atoms with E-state index in [0.29, 0.717) is 0 Å². The molecule has 2 heterocycles. The van der Waals surface area contributed by atoms with Crippen LogP contribution in [0, 0.1) is 6.92 Å². The molecule has 13 nitrogen and oxygen atoms in total. The van der Waals surface area contributed by atoms with E-state index in [2.05, 4.69) is 32.9 Å². The highest BCUT2D eigenvalue weighted by molar-refractivity contribution is 8.17. The predicted molar refractivity (Wildman–Crippen MR) is 147 cm³/mol. The van der Waals surface area contributed by atoms with Gasteiger partial charge in [-0.1, -0.05) is 20.8 Å². The van der Waals surface area contributed by atoms with Crippen molar-refractivity contribution in [2.75, 3.05) is 6.61 Å². The lowest BCUT2D eigenvalue weighted by molar-refractivity contribution is -0.0407. The molecule has 5 N–H and O–H groups in total. The lowest BCUT2D eigenvalue weighted by atomic mass is 10.2. The van der Waals surface area contributed by atoms with Gasteiger partial charge in [-0.05, 0) is 60.5 Å². The molecule has 1 fully saturated rings. The van der Waals surface area contributed by atoms with Gasteiger partial charge in [0.15, 0.2) is 8.32 Å². The monoisotopic (exact) mass is 644 g/mol. The van der Waals surface area contributed by atoms with Crippen LogP contribution in [0.25, 0.3) is 0 Å². The van der Waals surface area contributed by atoms with Crippen LogP contribution in [-0.2, 0) is 57.7 Å². The van der Waals surface area contributed by atoms with Crippen LogP contribution in [0.5, 0.6) is 0 Å². The number of rotatable bonds is 10. The smallest absolute Gasteiger partial charge is 0.339 e. The van der Waals surface area contributed by atoms with Gasteiger partial charge in [0.1, 0.15) is 12.3 Å². The predicted octanol–water partition coefficient (Wildman–Crippen LogP) is 2.22. The molecule has 2 unspecified atom stereocenters. The molecule has 0 saturated carbocycles. The van der Waals surface area contributed by atoms with Crippen molar-refractivity contribution in [3.8, 4) is 0 Å². The van der Waals surface area contributed by atoms with Crippen LogP contribution in [0.15, 0.2) is 15.8 Å². The number of aromatic amines is 1. The molecule has 20 heteroatoms. The quantitative estimate of drug-likeness (QED) is 0.185. The van der Waals surface area contributed by atoms with E-state index in [1.807, 2.05) is 33.9 Å². The average molecular weight is 645 g/mol. The van der Waals surface area contributed by atoms with E-state index in [1.165, 1.54) is 17.7 Å². The maximum Gasteiger partial charge on any atom is 0.339 e. The average Bonchev–Trinajstić information content (AvgIpc) is 3.00. The number of ether oxygens (including phenoxy) is 1. The zero-order chi connectivity index (χ0) is 27.9. The van der Waals surface area contributed by atoms with E-state index >= 15 is 0 Å². The Hall–Kier alpha value is 0.487. The van der Waals surface area contributed by atoms with Crippen molar-refractivity contribution in [3.63, 3.8) is 0 Å². The van der Waals surface area contributed by atoms with Gasteiger partial charge in [0, 0.05) is 18.2 Å². The molecule has 1 saturated heterocycles. The molecule has 0 aliphatic carbocycles. The third-order valence-corrected chi connectivity index (χ3v) is 16.8. The Bertz CT molecular complexity index is 1230. The largest absolute Gasteiger partial charge is 0.414 e. The summed E-state index contributed by atoms with van der Waals surface area (Å²) in [6.45, 7) is -1.52. The first kappa shape index (κ1) is 32.7. The zero-order valence-corrected chi connectivity index (χ0v) is 26.5. The van der Waals surface area contributed by atoms with Crippen LogP contribution in [0.1, 0.15) is 39.0 Å². The number of hydrogen-bond donors (Lipinski definition) is 5. The molecule has 1 aromatic heterocycles. The minimum Gasteiger partial charge on any atom is -0.414 e. The summed E-state index contributed by atoms with van der Waals surface area (Å²) in [6, 6.07) is 0. The van der Waals surface area contributed by atoms with Crippen molar-refractivity contribution in [2.45, 2.75) is 70.7 Å². The summed E-state index contributed by atoms with van der Waals surface area (Å²) in [5, 5.41) is -0.127. The lowest BCUT2D eigenvalue weighted by Gasteiger charge is -2.37. The van der Waals surface area contributed by atoms with Crippen molar-refractivity contribution in [1.29, 1.82) is 0 Å². The second-order valence-corrected chi connectivity index (χ2v) is 23.0. The fourth-order valence-corrected chi connectivity index (χ4v) is 11.5. The Balaban J connectivity index is 2.32. The van der Waals surface area contributed by atoms with Crippen molar-refractivity contribution in [3.05, 3.63) is 32.6 Å². The Morgan fingerprint density at radius 2 is 1.72 bits per heavy atom. The number of aromatic nitrogens is 2. The second kappa shape index (κ2) is 11.5. The van der Waals surface area contributed by atoms with Gasteiger partial charge in [-0.3, -0.25) is 14.3 Å². The van der Waals surface area contributed by atoms with E-state index in [0.717, 1.165) is 0 Å². The van der Waals surface area contributed by atoms with Gasteiger partial charge in [-0.15, -0.1) is 0 Å². The van der Waals surface area contributed by atoms with E-state index in [1.54, 1.807) is 0 Å². The van der Waals surface area contributed by atoms with E-state index in [9.17, 15) is 29.2 Å². The molecule has 0 amide bonds. The summed E-state index contributed by atoms with van der Waals surface area (Å²) in [7, 11) is -2.25. The van der Waals surface area contributed by atoms with Gasteiger partial charge in [0.25, 0.3) is 5.56 Å². The van der Waals surface area contributed by atoms with Crippen LogP contribution in [0.4, 0.5) is 0 Å². The van der Waals surface area contributed by atoms with E-state index in [4.69, 9.17) is 29.8 Å². The van der Waals surface area contributed by atoms with Gasteiger partial charge in [-0.2, -0.15) is 0 Å². The van der Waals surface area contributed by atoms with Crippen molar-refractivity contribution < 1.29 is 41.9 Å². The SMILES string of the molecule is Cc1cn([C@H]2C[C@H](OP(O)(=S)OP(O)(=S)OP(O)(O)=S)[C@@H](CO[Si](C)(C)C(C)(C)C)O2)c(=O)[nH]c1=O. The first-order valence-electron chi connectivity index (χ1n) is 10.5. The highest BCUT2D eigenvalue weighted by Crippen LogP contribution is 2.67. The van der Waals surface area contributed by atoms with Gasteiger partial charge >= 0.3 is 25.8 Å². The Morgan fingerprint density at radius 3 is 2.25 bits per heavy atom. The summed E-state index contributed by atoms with van der Waals surface area (Å²) in [4.78, 5) is 65.6. The van der Waals surface area contributed by atoms with Crippen LogP contribution in [0.3, 0.4) is 0 Å². The first-order chi connectivity index (χ1) is 16.0. The fraction of sp³-hybridized carbons (Fsp3) is 0.750. The van der Waals surface area contributed by atoms with Crippen LogP contribution in [0.2, 0.25) is 18.1 Å².